The first-order valence-electron chi connectivity index (χ1n) is 9.29. The normalized spacial score (nSPS) is 14.8. The number of hydrogen-bond acceptors (Lipinski definition) is 5. The number of anilines is 1. The Morgan fingerprint density at radius 1 is 1.10 bits per heavy atom. The fourth-order valence-electron chi connectivity index (χ4n) is 3.07. The average Bonchev–Trinajstić information content (AvgIpc) is 2.74. The van der Waals surface area contributed by atoms with Crippen molar-refractivity contribution < 1.29 is 14.4 Å². The molecule has 2 aromatic rings. The molecule has 29 heavy (non-hydrogen) atoms. The molecule has 0 unspecified atom stereocenters. The Morgan fingerprint density at radius 2 is 1.79 bits per heavy atom. The van der Waals surface area contributed by atoms with Crippen LogP contribution in [-0.2, 0) is 9.63 Å². The van der Waals surface area contributed by atoms with Crippen molar-refractivity contribution in [1.82, 2.24) is 9.80 Å². The predicted octanol–water partition coefficient (Wildman–Crippen LogP) is 2.72. The Bertz CT molecular complexity index is 878. The number of nitrogens with zero attached hydrogens (tertiary/aromatic N) is 3. The molecule has 1 heterocycles. The highest BCUT2D eigenvalue weighted by Crippen LogP contribution is 2.20. The first-order chi connectivity index (χ1) is 14.1. The minimum absolute atomic E-state index is 0.0135. The summed E-state index contributed by atoms with van der Waals surface area (Å²) in [6, 6.07) is 14.3. The van der Waals surface area contributed by atoms with Gasteiger partial charge < -0.3 is 15.1 Å². The predicted molar refractivity (Wildman–Crippen MR) is 113 cm³/mol. The highest BCUT2D eigenvalue weighted by Gasteiger charge is 2.23. The quantitative estimate of drug-likeness (QED) is 0.582. The summed E-state index contributed by atoms with van der Waals surface area (Å²) in [4.78, 5) is 33.4. The van der Waals surface area contributed by atoms with Gasteiger partial charge in [-0.2, -0.15) is 0 Å². The number of nitrogens with one attached hydrogen (secondary N) is 1. The monoisotopic (exact) mass is 414 g/mol. The summed E-state index contributed by atoms with van der Waals surface area (Å²) < 4.78 is 0. The van der Waals surface area contributed by atoms with Crippen LogP contribution < -0.4 is 5.32 Å². The molecule has 152 valence electrons. The molecule has 0 spiro atoms. The molecule has 1 aliphatic rings. The molecule has 0 aromatic heterocycles. The lowest BCUT2D eigenvalue weighted by Crippen LogP contribution is -2.50. The van der Waals surface area contributed by atoms with Crippen LogP contribution in [0.4, 0.5) is 5.69 Å². The van der Waals surface area contributed by atoms with Crippen LogP contribution in [0.3, 0.4) is 0 Å². The van der Waals surface area contributed by atoms with Crippen molar-refractivity contribution in [2.24, 2.45) is 5.16 Å². The SMILES string of the molecule is CO/N=C/c1ccc(C(=O)N2CCN(CC(=O)Nc3ccccc3Cl)CC2)cc1. The zero-order chi connectivity index (χ0) is 20.6. The summed E-state index contributed by atoms with van der Waals surface area (Å²) in [7, 11) is 1.48. The van der Waals surface area contributed by atoms with E-state index in [1.54, 1.807) is 35.4 Å². The van der Waals surface area contributed by atoms with Gasteiger partial charge in [-0.1, -0.05) is 41.0 Å². The fourth-order valence-corrected chi connectivity index (χ4v) is 3.26. The number of amides is 2. The van der Waals surface area contributed by atoms with Crippen LogP contribution in [0.5, 0.6) is 0 Å². The summed E-state index contributed by atoms with van der Waals surface area (Å²) in [5.74, 6) is -0.133. The van der Waals surface area contributed by atoms with E-state index in [2.05, 4.69) is 15.3 Å². The maximum atomic E-state index is 12.7. The van der Waals surface area contributed by atoms with E-state index in [1.165, 1.54) is 7.11 Å². The van der Waals surface area contributed by atoms with E-state index >= 15 is 0 Å². The second-order valence-electron chi connectivity index (χ2n) is 6.64. The van der Waals surface area contributed by atoms with Crippen LogP contribution in [0.25, 0.3) is 0 Å². The van der Waals surface area contributed by atoms with Crippen LogP contribution in [0.15, 0.2) is 53.7 Å². The van der Waals surface area contributed by atoms with Gasteiger partial charge in [-0.25, -0.2) is 0 Å². The third kappa shape index (κ3) is 5.79. The van der Waals surface area contributed by atoms with Gasteiger partial charge >= 0.3 is 0 Å². The van der Waals surface area contributed by atoms with E-state index < -0.39 is 0 Å². The summed E-state index contributed by atoms with van der Waals surface area (Å²) >= 11 is 6.07. The van der Waals surface area contributed by atoms with E-state index in [0.29, 0.717) is 42.5 Å². The Balaban J connectivity index is 1.48. The Morgan fingerprint density at radius 3 is 2.45 bits per heavy atom. The molecule has 3 rings (SSSR count). The molecule has 2 amide bonds. The molecule has 1 fully saturated rings. The second-order valence-corrected chi connectivity index (χ2v) is 7.04. The Hall–Kier alpha value is -2.90. The van der Waals surface area contributed by atoms with Crippen molar-refractivity contribution in [1.29, 1.82) is 0 Å². The molecule has 7 nitrogen and oxygen atoms in total. The lowest BCUT2D eigenvalue weighted by atomic mass is 10.1. The smallest absolute Gasteiger partial charge is 0.253 e. The Labute approximate surface area is 174 Å². The number of rotatable bonds is 6. The fraction of sp³-hybridized carbons (Fsp3) is 0.286. The summed E-state index contributed by atoms with van der Waals surface area (Å²) in [6.45, 7) is 2.69. The van der Waals surface area contributed by atoms with Crippen molar-refractivity contribution in [3.63, 3.8) is 0 Å². The van der Waals surface area contributed by atoms with Gasteiger partial charge in [0.15, 0.2) is 0 Å². The van der Waals surface area contributed by atoms with Crippen LogP contribution in [0.2, 0.25) is 5.02 Å². The average molecular weight is 415 g/mol. The van der Waals surface area contributed by atoms with Gasteiger partial charge in [0.25, 0.3) is 5.91 Å². The lowest BCUT2D eigenvalue weighted by molar-refractivity contribution is -0.117. The number of para-hydroxylation sites is 1. The van der Waals surface area contributed by atoms with E-state index in [0.717, 1.165) is 5.56 Å². The van der Waals surface area contributed by atoms with Crippen molar-refractivity contribution in [2.75, 3.05) is 45.2 Å². The van der Waals surface area contributed by atoms with Gasteiger partial charge in [0, 0.05) is 31.7 Å². The van der Waals surface area contributed by atoms with E-state index in [4.69, 9.17) is 11.6 Å². The van der Waals surface area contributed by atoms with E-state index in [9.17, 15) is 9.59 Å². The Kier molecular flexibility index (Phi) is 7.21. The first-order valence-corrected chi connectivity index (χ1v) is 9.67. The van der Waals surface area contributed by atoms with Gasteiger partial charge in [0.2, 0.25) is 5.91 Å². The molecule has 0 atom stereocenters. The lowest BCUT2D eigenvalue weighted by Gasteiger charge is -2.34. The number of hydrogen-bond donors (Lipinski definition) is 1. The van der Waals surface area contributed by atoms with Crippen molar-refractivity contribution in [3.8, 4) is 0 Å². The third-order valence-corrected chi connectivity index (χ3v) is 4.97. The molecule has 0 radical (unpaired) electrons. The topological polar surface area (TPSA) is 74.2 Å². The number of piperazine rings is 1. The molecule has 1 saturated heterocycles. The number of carbonyl (C=O) groups is 2. The van der Waals surface area contributed by atoms with Gasteiger partial charge in [0.05, 0.1) is 23.5 Å². The standard InChI is InChI=1S/C21H23ClN4O3/c1-29-23-14-16-6-8-17(9-7-16)21(28)26-12-10-25(11-13-26)15-20(27)24-19-5-3-2-4-18(19)22/h2-9,14H,10-13,15H2,1H3,(H,24,27)/b23-14+. The van der Waals surface area contributed by atoms with Gasteiger partial charge in [-0.05, 0) is 29.8 Å². The second kappa shape index (κ2) is 10.0. The van der Waals surface area contributed by atoms with Crippen LogP contribution in [-0.4, -0.2) is 67.7 Å². The van der Waals surface area contributed by atoms with Gasteiger partial charge in [-0.15, -0.1) is 0 Å². The van der Waals surface area contributed by atoms with Gasteiger partial charge in [-0.3, -0.25) is 14.5 Å². The van der Waals surface area contributed by atoms with Gasteiger partial charge in [0.1, 0.15) is 7.11 Å². The third-order valence-electron chi connectivity index (χ3n) is 4.64. The molecular weight excluding hydrogens is 392 g/mol. The molecule has 8 heteroatoms. The highest BCUT2D eigenvalue weighted by molar-refractivity contribution is 6.33. The zero-order valence-corrected chi connectivity index (χ0v) is 16.9. The number of carbonyl (C=O) groups excluding carboxylic acids is 2. The maximum absolute atomic E-state index is 12.7. The zero-order valence-electron chi connectivity index (χ0n) is 16.2. The molecular formula is C21H23ClN4O3. The molecule has 0 aliphatic carbocycles. The molecule has 1 N–H and O–H groups in total. The number of halogens is 1. The number of benzene rings is 2. The first kappa shape index (κ1) is 20.8. The highest BCUT2D eigenvalue weighted by atomic mass is 35.5. The minimum atomic E-state index is -0.119. The summed E-state index contributed by atoms with van der Waals surface area (Å²) in [5.41, 5.74) is 2.09. The molecule has 1 aliphatic heterocycles. The van der Waals surface area contributed by atoms with Crippen LogP contribution in [0.1, 0.15) is 15.9 Å². The van der Waals surface area contributed by atoms with Crippen molar-refractivity contribution >= 4 is 35.3 Å². The van der Waals surface area contributed by atoms with Crippen LogP contribution >= 0.6 is 11.6 Å². The molecule has 2 aromatic carbocycles. The number of oxime groups is 1. The van der Waals surface area contributed by atoms with Crippen molar-refractivity contribution in [3.05, 3.63) is 64.7 Å². The largest absolute Gasteiger partial charge is 0.399 e. The van der Waals surface area contributed by atoms with Crippen molar-refractivity contribution in [2.45, 2.75) is 0 Å². The summed E-state index contributed by atoms with van der Waals surface area (Å²) in [6.07, 6.45) is 1.58. The van der Waals surface area contributed by atoms with E-state index in [-0.39, 0.29) is 18.4 Å². The molecule has 0 saturated carbocycles. The minimum Gasteiger partial charge on any atom is -0.399 e. The summed E-state index contributed by atoms with van der Waals surface area (Å²) in [5, 5.41) is 7.04. The van der Waals surface area contributed by atoms with E-state index in [1.807, 2.05) is 29.2 Å². The maximum Gasteiger partial charge on any atom is 0.253 e. The van der Waals surface area contributed by atoms with Crippen LogP contribution in [0, 0.1) is 0 Å². The molecule has 0 bridgehead atoms.